The molecule has 0 radical (unpaired) electrons. The highest BCUT2D eigenvalue weighted by Crippen LogP contribution is 2.42. The number of benzene rings is 2. The summed E-state index contributed by atoms with van der Waals surface area (Å²) in [5, 5.41) is 2.42. The normalized spacial score (nSPS) is 14.2. The lowest BCUT2D eigenvalue weighted by Crippen LogP contribution is -2.47. The van der Waals surface area contributed by atoms with Crippen LogP contribution >= 0.6 is 0 Å². The van der Waals surface area contributed by atoms with Gasteiger partial charge in [-0.1, -0.05) is 37.7 Å². The van der Waals surface area contributed by atoms with Crippen LogP contribution in [0, 0.1) is 6.92 Å². The van der Waals surface area contributed by atoms with Crippen LogP contribution < -0.4 is 29.3 Å². The molecule has 180 valence electrons. The molecule has 0 atom stereocenters. The summed E-state index contributed by atoms with van der Waals surface area (Å²) in [5.41, 5.74) is 2.53. The Morgan fingerprint density at radius 2 is 1.71 bits per heavy atom. The molecule has 0 saturated carbocycles. The molecule has 1 amide bonds. The third-order valence-electron chi connectivity index (χ3n) is 6.34. The number of fused-ring (bicyclic) bond motifs is 1. The zero-order valence-corrected chi connectivity index (χ0v) is 21.6. The first-order valence-corrected chi connectivity index (χ1v) is 14.5. The average molecular weight is 482 g/mol. The van der Waals surface area contributed by atoms with E-state index in [0.717, 1.165) is 12.0 Å². The maximum Gasteiger partial charge on any atom is 0.327 e. The highest BCUT2D eigenvalue weighted by atomic mass is 28.3. The first kappa shape index (κ1) is 23.8. The molecule has 0 aliphatic carbocycles. The number of aryl methyl sites for hydroxylation is 2. The number of carbonyl (C=O) groups excluding carboxylic acids is 1. The number of hydroxylamine groups is 1. The van der Waals surface area contributed by atoms with Gasteiger partial charge in [0.15, 0.2) is 17.2 Å². The van der Waals surface area contributed by atoms with E-state index in [1.807, 2.05) is 6.92 Å². The number of nitrogens with zero attached hydrogens (tertiary/aromatic N) is 1. The number of furan rings is 1. The zero-order valence-electron chi connectivity index (χ0n) is 20.6. The van der Waals surface area contributed by atoms with E-state index in [9.17, 15) is 4.79 Å². The van der Waals surface area contributed by atoms with E-state index in [-0.39, 0.29) is 5.76 Å². The van der Waals surface area contributed by atoms with Crippen LogP contribution in [-0.2, 0) is 6.42 Å². The molecule has 0 unspecified atom stereocenters. The van der Waals surface area contributed by atoms with Crippen LogP contribution in [0.5, 0.6) is 23.0 Å². The quantitative estimate of drug-likeness (QED) is 0.345. The molecule has 8 heteroatoms. The summed E-state index contributed by atoms with van der Waals surface area (Å²) < 4.78 is 22.5. The summed E-state index contributed by atoms with van der Waals surface area (Å²) in [6, 6.07) is 11.9. The molecule has 1 aromatic heterocycles. The molecule has 0 saturated heterocycles. The molecule has 0 bridgehead atoms. The molecular formula is C26H31NO6Si. The Bertz CT molecular complexity index is 1170. The minimum absolute atomic E-state index is 0.122. The fourth-order valence-corrected chi connectivity index (χ4v) is 7.95. The number of hydrogen-bond acceptors (Lipinski definition) is 6. The molecule has 4 rings (SSSR count). The Morgan fingerprint density at radius 3 is 2.29 bits per heavy atom. The van der Waals surface area contributed by atoms with Crippen LogP contribution in [0.3, 0.4) is 0 Å². The Hall–Kier alpha value is -3.39. The Labute approximate surface area is 201 Å². The molecule has 2 aromatic carbocycles. The SMILES string of the molecule is COc1cccc(OC)c1N(Oc1c(C)cc2c(c1OC)[Si](C)(C)CCC2)C(=O)c1ccco1. The van der Waals surface area contributed by atoms with Crippen molar-refractivity contribution in [1.82, 2.24) is 0 Å². The lowest BCUT2D eigenvalue weighted by molar-refractivity contribution is 0.0844. The van der Waals surface area contributed by atoms with Gasteiger partial charge in [-0.15, -0.1) is 5.06 Å². The van der Waals surface area contributed by atoms with Crippen molar-refractivity contribution in [3.05, 3.63) is 59.5 Å². The van der Waals surface area contributed by atoms with E-state index < -0.39 is 14.0 Å². The Balaban J connectivity index is 1.92. The van der Waals surface area contributed by atoms with E-state index in [1.165, 1.54) is 48.8 Å². The maximum absolute atomic E-state index is 13.6. The van der Waals surface area contributed by atoms with Gasteiger partial charge in [-0.2, -0.15) is 0 Å². The van der Waals surface area contributed by atoms with Gasteiger partial charge in [-0.05, 0) is 53.9 Å². The van der Waals surface area contributed by atoms with Crippen LogP contribution in [-0.4, -0.2) is 35.3 Å². The summed E-state index contributed by atoms with van der Waals surface area (Å²) >= 11 is 0. The molecule has 1 aliphatic rings. The number of anilines is 1. The maximum atomic E-state index is 13.6. The summed E-state index contributed by atoms with van der Waals surface area (Å²) in [6.45, 7) is 6.67. The molecule has 2 heterocycles. The van der Waals surface area contributed by atoms with Gasteiger partial charge in [-0.25, -0.2) is 0 Å². The van der Waals surface area contributed by atoms with Gasteiger partial charge >= 0.3 is 5.91 Å². The fourth-order valence-electron chi connectivity index (χ4n) is 4.74. The standard InChI is InChI=1S/C26H31NO6Si/c1-17-16-18-10-9-15-34(5,6)25(18)24(31-4)23(17)33-27(26(28)21-13-8-14-32-21)22-19(29-2)11-7-12-20(22)30-3/h7-8,11-14,16H,9-10,15H2,1-6H3. The molecule has 3 aromatic rings. The minimum atomic E-state index is -1.75. The second-order valence-corrected chi connectivity index (χ2v) is 13.8. The van der Waals surface area contributed by atoms with Crippen molar-refractivity contribution in [2.24, 2.45) is 0 Å². The fraction of sp³-hybridized carbons (Fsp3) is 0.346. The van der Waals surface area contributed by atoms with Crippen molar-refractivity contribution in [1.29, 1.82) is 0 Å². The van der Waals surface area contributed by atoms with Crippen LogP contribution in [0.2, 0.25) is 19.1 Å². The van der Waals surface area contributed by atoms with Gasteiger partial charge < -0.3 is 23.5 Å². The van der Waals surface area contributed by atoms with Crippen molar-refractivity contribution in [2.45, 2.75) is 38.9 Å². The second kappa shape index (κ2) is 9.46. The minimum Gasteiger partial charge on any atom is -0.494 e. The number of hydrogen-bond donors (Lipinski definition) is 0. The van der Waals surface area contributed by atoms with E-state index in [0.29, 0.717) is 28.7 Å². The van der Waals surface area contributed by atoms with Crippen LogP contribution in [0.1, 0.15) is 28.1 Å². The Kier molecular flexibility index (Phi) is 6.61. The summed E-state index contributed by atoms with van der Waals surface area (Å²) in [6.07, 6.45) is 3.64. The van der Waals surface area contributed by atoms with E-state index >= 15 is 0 Å². The number of rotatable bonds is 7. The number of amides is 1. The van der Waals surface area contributed by atoms with Gasteiger partial charge in [0.1, 0.15) is 11.5 Å². The first-order valence-electron chi connectivity index (χ1n) is 11.3. The average Bonchev–Trinajstić information content (AvgIpc) is 3.36. The zero-order chi connectivity index (χ0) is 24.5. The molecule has 0 spiro atoms. The molecule has 0 fully saturated rings. The summed E-state index contributed by atoms with van der Waals surface area (Å²) in [7, 11) is 2.97. The number of ether oxygens (including phenoxy) is 3. The van der Waals surface area contributed by atoms with Gasteiger partial charge in [-0.3, -0.25) is 4.79 Å². The van der Waals surface area contributed by atoms with Gasteiger partial charge in [0.05, 0.1) is 35.7 Å². The Morgan fingerprint density at radius 1 is 1.00 bits per heavy atom. The van der Waals surface area contributed by atoms with Gasteiger partial charge in [0.2, 0.25) is 5.75 Å². The highest BCUT2D eigenvalue weighted by molar-refractivity contribution is 6.91. The molecule has 1 aliphatic heterocycles. The van der Waals surface area contributed by atoms with Crippen molar-refractivity contribution >= 4 is 24.9 Å². The lowest BCUT2D eigenvalue weighted by Gasteiger charge is -2.34. The third kappa shape index (κ3) is 4.14. The van der Waals surface area contributed by atoms with Gasteiger partial charge in [0, 0.05) is 0 Å². The molecular weight excluding hydrogens is 450 g/mol. The van der Waals surface area contributed by atoms with Crippen molar-refractivity contribution < 1.29 is 28.3 Å². The van der Waals surface area contributed by atoms with Crippen molar-refractivity contribution in [3.63, 3.8) is 0 Å². The van der Waals surface area contributed by atoms with Crippen LogP contribution in [0.15, 0.2) is 47.1 Å². The van der Waals surface area contributed by atoms with E-state index in [2.05, 4.69) is 19.2 Å². The van der Waals surface area contributed by atoms with Crippen molar-refractivity contribution in [3.8, 4) is 23.0 Å². The topological polar surface area (TPSA) is 70.4 Å². The third-order valence-corrected chi connectivity index (χ3v) is 9.84. The predicted octanol–water partition coefficient (Wildman–Crippen LogP) is 5.12. The summed E-state index contributed by atoms with van der Waals surface area (Å²) in [4.78, 5) is 20.1. The number of methoxy groups -OCH3 is 3. The van der Waals surface area contributed by atoms with Crippen molar-refractivity contribution in [2.75, 3.05) is 26.4 Å². The predicted molar refractivity (Wildman–Crippen MR) is 134 cm³/mol. The smallest absolute Gasteiger partial charge is 0.327 e. The van der Waals surface area contributed by atoms with Gasteiger partial charge in [0.25, 0.3) is 0 Å². The monoisotopic (exact) mass is 481 g/mol. The number of para-hydroxylation sites is 1. The van der Waals surface area contributed by atoms with E-state index in [4.69, 9.17) is 23.5 Å². The lowest BCUT2D eigenvalue weighted by atomic mass is 10.0. The highest BCUT2D eigenvalue weighted by Gasteiger charge is 2.37. The number of carbonyl (C=O) groups is 1. The molecule has 0 N–H and O–H groups in total. The second-order valence-electron chi connectivity index (χ2n) is 9.01. The summed E-state index contributed by atoms with van der Waals surface area (Å²) in [5.74, 6) is 1.65. The molecule has 7 nitrogen and oxygen atoms in total. The van der Waals surface area contributed by atoms with Crippen LogP contribution in [0.4, 0.5) is 5.69 Å². The largest absolute Gasteiger partial charge is 0.494 e. The first-order chi connectivity index (χ1) is 16.3. The van der Waals surface area contributed by atoms with E-state index in [1.54, 1.807) is 37.4 Å². The van der Waals surface area contributed by atoms with Crippen LogP contribution in [0.25, 0.3) is 0 Å². The molecule has 34 heavy (non-hydrogen) atoms.